The fraction of sp³-hybridized carbons (Fsp3) is 0.0233. The Kier molecular flexibility index (Phi) is 5.34. The third kappa shape index (κ3) is 3.48. The van der Waals surface area contributed by atoms with Crippen molar-refractivity contribution in [3.05, 3.63) is 175 Å². The Bertz CT molecular complexity index is 2430. The van der Waals surface area contributed by atoms with Gasteiger partial charge in [-0.1, -0.05) is 109 Å². The third-order valence-corrected chi connectivity index (χ3v) is 9.74. The molecule has 46 heavy (non-hydrogen) atoms. The van der Waals surface area contributed by atoms with E-state index >= 15 is 0 Å². The van der Waals surface area contributed by atoms with Crippen LogP contribution in [-0.4, -0.2) is 4.57 Å². The highest BCUT2D eigenvalue weighted by Gasteiger charge is 2.42. The lowest BCUT2D eigenvalue weighted by Crippen LogP contribution is -2.41. The summed E-state index contributed by atoms with van der Waals surface area (Å²) in [4.78, 5) is 5.10. The number of anilines is 4. The molecule has 0 fully saturated rings. The van der Waals surface area contributed by atoms with Gasteiger partial charge in [-0.2, -0.15) is 0 Å². The maximum atomic E-state index is 2.57. The van der Waals surface area contributed by atoms with E-state index in [1.165, 1.54) is 78.1 Å². The number of hydrogen-bond donors (Lipinski definition) is 0. The van der Waals surface area contributed by atoms with Gasteiger partial charge in [-0.05, 0) is 71.8 Å². The van der Waals surface area contributed by atoms with Crippen LogP contribution in [0.15, 0.2) is 170 Å². The average Bonchev–Trinajstić information content (AvgIpc) is 3.46. The number of aromatic nitrogens is 1. The maximum absolute atomic E-state index is 2.57. The first-order valence-electron chi connectivity index (χ1n) is 15.9. The molecule has 0 saturated heterocycles. The normalized spacial score (nSPS) is 14.7. The highest BCUT2D eigenvalue weighted by molar-refractivity contribution is 6.11. The number of hydrogen-bond acceptors (Lipinski definition) is 2. The Labute approximate surface area is 267 Å². The lowest BCUT2D eigenvalue weighted by Gasteiger charge is -2.50. The predicted octanol–water partition coefficient (Wildman–Crippen LogP) is 11.4. The summed E-state index contributed by atoms with van der Waals surface area (Å²) in [5.74, 6) is 0. The van der Waals surface area contributed by atoms with Gasteiger partial charge >= 0.3 is 0 Å². The SMILES string of the molecule is c1ccc(N2c3ccccc3-c3cccc4c3C2N(c2ccc3c(c2)c2ccccc2n3-c2ccccc2)c2ccccc2-4)cc1. The fourth-order valence-electron chi connectivity index (χ4n) is 7.89. The minimum absolute atomic E-state index is 0.0849. The number of benzene rings is 7. The van der Waals surface area contributed by atoms with Crippen molar-refractivity contribution in [2.75, 3.05) is 9.80 Å². The van der Waals surface area contributed by atoms with Gasteiger partial charge in [0, 0.05) is 44.5 Å². The molecule has 1 aromatic heterocycles. The predicted molar refractivity (Wildman–Crippen MR) is 192 cm³/mol. The smallest absolute Gasteiger partial charge is 0.138 e. The van der Waals surface area contributed by atoms with E-state index in [9.17, 15) is 0 Å². The van der Waals surface area contributed by atoms with Crippen LogP contribution in [0.4, 0.5) is 22.7 Å². The van der Waals surface area contributed by atoms with Gasteiger partial charge in [0.05, 0.1) is 22.4 Å². The molecule has 0 spiro atoms. The summed E-state index contributed by atoms with van der Waals surface area (Å²) in [7, 11) is 0. The molecule has 3 nitrogen and oxygen atoms in total. The molecule has 2 aliphatic rings. The summed E-state index contributed by atoms with van der Waals surface area (Å²) in [6, 6.07) is 61.9. The topological polar surface area (TPSA) is 11.4 Å². The van der Waals surface area contributed by atoms with Crippen molar-refractivity contribution in [3.8, 4) is 27.9 Å². The van der Waals surface area contributed by atoms with Crippen molar-refractivity contribution in [2.45, 2.75) is 6.17 Å². The average molecular weight is 588 g/mol. The molecule has 1 atom stereocenters. The summed E-state index contributed by atoms with van der Waals surface area (Å²) < 4.78 is 2.39. The second kappa shape index (κ2) is 9.72. The van der Waals surface area contributed by atoms with E-state index < -0.39 is 0 Å². The van der Waals surface area contributed by atoms with E-state index in [4.69, 9.17) is 0 Å². The molecule has 0 aliphatic carbocycles. The monoisotopic (exact) mass is 587 g/mol. The Morgan fingerprint density at radius 2 is 0.870 bits per heavy atom. The molecule has 8 aromatic rings. The molecule has 2 aliphatic heterocycles. The highest BCUT2D eigenvalue weighted by atomic mass is 15.4. The van der Waals surface area contributed by atoms with Crippen molar-refractivity contribution in [3.63, 3.8) is 0 Å². The zero-order valence-electron chi connectivity index (χ0n) is 25.1. The molecule has 0 bridgehead atoms. The van der Waals surface area contributed by atoms with E-state index in [-0.39, 0.29) is 6.17 Å². The van der Waals surface area contributed by atoms with Crippen molar-refractivity contribution in [2.24, 2.45) is 0 Å². The molecule has 0 N–H and O–H groups in total. The van der Waals surface area contributed by atoms with Gasteiger partial charge in [0.15, 0.2) is 0 Å². The van der Waals surface area contributed by atoms with Crippen molar-refractivity contribution >= 4 is 44.6 Å². The third-order valence-electron chi connectivity index (χ3n) is 9.74. The molecule has 0 saturated carbocycles. The standard InChI is InChI=1S/C43H29N3/c1-3-14-29(15-4-1)44-38-23-10-9-20-34(38)37-28-31(26-27-41(37)44)46-40-25-12-8-19-33(40)36-22-13-21-35-32-18-7-11-24-39(32)45(43(46)42(35)36)30-16-5-2-6-17-30/h1-28,43H. The Morgan fingerprint density at radius 3 is 1.57 bits per heavy atom. The molecule has 10 rings (SSSR count). The summed E-state index contributed by atoms with van der Waals surface area (Å²) in [6.45, 7) is 0. The van der Waals surface area contributed by atoms with Gasteiger partial charge in [-0.15, -0.1) is 0 Å². The first kappa shape index (κ1) is 25.3. The van der Waals surface area contributed by atoms with Gasteiger partial charge in [0.1, 0.15) is 6.17 Å². The van der Waals surface area contributed by atoms with Gasteiger partial charge in [-0.25, -0.2) is 0 Å². The van der Waals surface area contributed by atoms with Crippen LogP contribution >= 0.6 is 0 Å². The molecule has 0 amide bonds. The van der Waals surface area contributed by atoms with Crippen molar-refractivity contribution < 1.29 is 0 Å². The summed E-state index contributed by atoms with van der Waals surface area (Å²) in [6.07, 6.45) is -0.0849. The van der Waals surface area contributed by atoms with Gasteiger partial charge in [-0.3, -0.25) is 0 Å². The molecule has 3 heteroatoms. The van der Waals surface area contributed by atoms with Gasteiger partial charge in [0.2, 0.25) is 0 Å². The first-order valence-corrected chi connectivity index (χ1v) is 15.9. The van der Waals surface area contributed by atoms with Crippen LogP contribution < -0.4 is 9.80 Å². The van der Waals surface area contributed by atoms with Crippen LogP contribution in [0.25, 0.3) is 49.7 Å². The van der Waals surface area contributed by atoms with E-state index in [2.05, 4.69) is 184 Å². The maximum Gasteiger partial charge on any atom is 0.138 e. The number of fused-ring (bicyclic) bond motifs is 7. The summed E-state index contributed by atoms with van der Waals surface area (Å²) >= 11 is 0. The number of para-hydroxylation sites is 5. The van der Waals surface area contributed by atoms with Crippen molar-refractivity contribution in [1.82, 2.24) is 4.57 Å². The molecular weight excluding hydrogens is 558 g/mol. The van der Waals surface area contributed by atoms with Crippen LogP contribution in [-0.2, 0) is 0 Å². The quantitative estimate of drug-likeness (QED) is 0.204. The van der Waals surface area contributed by atoms with Crippen LogP contribution in [0.3, 0.4) is 0 Å². The van der Waals surface area contributed by atoms with Crippen LogP contribution in [0, 0.1) is 0 Å². The molecular formula is C43H29N3. The fourth-order valence-corrected chi connectivity index (χ4v) is 7.89. The highest BCUT2D eigenvalue weighted by Crippen LogP contribution is 2.58. The first-order chi connectivity index (χ1) is 22.9. The summed E-state index contributed by atoms with van der Waals surface area (Å²) in [5, 5.41) is 2.50. The minimum Gasteiger partial charge on any atom is -0.315 e. The Hall–Kier alpha value is -6.06. The van der Waals surface area contributed by atoms with Crippen LogP contribution in [0.1, 0.15) is 11.7 Å². The van der Waals surface area contributed by atoms with E-state index in [0.717, 1.165) is 0 Å². The summed E-state index contributed by atoms with van der Waals surface area (Å²) in [5.41, 5.74) is 14.8. The lowest BCUT2D eigenvalue weighted by atomic mass is 9.81. The zero-order valence-corrected chi connectivity index (χ0v) is 25.1. The Morgan fingerprint density at radius 1 is 0.348 bits per heavy atom. The zero-order chi connectivity index (χ0) is 30.2. The number of nitrogens with zero attached hydrogens (tertiary/aromatic N) is 3. The van der Waals surface area contributed by atoms with Gasteiger partial charge < -0.3 is 14.4 Å². The second-order valence-corrected chi connectivity index (χ2v) is 12.1. The second-order valence-electron chi connectivity index (χ2n) is 12.1. The lowest BCUT2D eigenvalue weighted by molar-refractivity contribution is 0.694. The van der Waals surface area contributed by atoms with Gasteiger partial charge in [0.25, 0.3) is 0 Å². The molecule has 7 aromatic carbocycles. The van der Waals surface area contributed by atoms with E-state index in [0.29, 0.717) is 0 Å². The largest absolute Gasteiger partial charge is 0.315 e. The molecule has 3 heterocycles. The minimum atomic E-state index is -0.0849. The van der Waals surface area contributed by atoms with Crippen LogP contribution in [0.2, 0.25) is 0 Å². The van der Waals surface area contributed by atoms with E-state index in [1.807, 2.05) is 0 Å². The molecule has 1 unspecified atom stereocenters. The molecule has 216 valence electrons. The molecule has 0 radical (unpaired) electrons. The van der Waals surface area contributed by atoms with E-state index in [1.54, 1.807) is 0 Å². The Balaban J connectivity index is 1.29. The van der Waals surface area contributed by atoms with Crippen molar-refractivity contribution in [1.29, 1.82) is 0 Å². The number of rotatable bonds is 3. The van der Waals surface area contributed by atoms with Crippen LogP contribution in [0.5, 0.6) is 0 Å².